The SMILES string of the molecule is CC(Oc1nc(C(=N)NOC(=O)[C@@]2(C)CCCc3sc(N)c(C#N)c32)nc(N2CCOCC(C)(O[Si](c3ccccc3)(c3ccccc3)C(C)(C)C)C2)n1)[C@@]12CCCN1C[C@H](F)C2. The molecule has 3 saturated heterocycles. The summed E-state index contributed by atoms with van der Waals surface area (Å²) in [6.07, 6.45) is 2.45. The van der Waals surface area contributed by atoms with E-state index in [0.717, 1.165) is 34.6 Å². The molecule has 0 amide bonds. The van der Waals surface area contributed by atoms with Crippen LogP contribution in [0.25, 0.3) is 0 Å². The maximum atomic E-state index is 15.0. The second-order valence-corrected chi connectivity index (χ2v) is 24.3. The number of amidine groups is 1. The van der Waals surface area contributed by atoms with Crippen molar-refractivity contribution in [1.29, 1.82) is 10.7 Å². The molecule has 1 aliphatic carbocycles. The minimum atomic E-state index is -3.06. The Labute approximate surface area is 373 Å². The summed E-state index contributed by atoms with van der Waals surface area (Å²) in [7, 11) is -3.06. The van der Waals surface area contributed by atoms with Crippen LogP contribution in [0.5, 0.6) is 6.01 Å². The summed E-state index contributed by atoms with van der Waals surface area (Å²) in [6, 6.07) is 23.0. The van der Waals surface area contributed by atoms with Crippen LogP contribution >= 0.6 is 11.3 Å². The first kappa shape index (κ1) is 44.6. The third-order valence-electron chi connectivity index (χ3n) is 13.5. The summed E-state index contributed by atoms with van der Waals surface area (Å²) in [5.74, 6) is -0.977. The second kappa shape index (κ2) is 17.2. The number of carbonyl (C=O) groups is 1. The quantitative estimate of drug-likeness (QED) is 0.0778. The predicted molar refractivity (Wildman–Crippen MR) is 243 cm³/mol. The summed E-state index contributed by atoms with van der Waals surface area (Å²) in [4.78, 5) is 38.9. The smallest absolute Gasteiger partial charge is 0.342 e. The minimum absolute atomic E-state index is 0.0417. The Balaban J connectivity index is 1.13. The van der Waals surface area contributed by atoms with Gasteiger partial charge in [0.15, 0.2) is 5.84 Å². The molecule has 5 heterocycles. The molecule has 3 aliphatic heterocycles. The molecule has 63 heavy (non-hydrogen) atoms. The zero-order chi connectivity index (χ0) is 44.8. The second-order valence-electron chi connectivity index (χ2n) is 18.9. The van der Waals surface area contributed by atoms with Gasteiger partial charge in [-0.05, 0) is 74.8 Å². The number of nitrogens with two attached hydrogens (primary N) is 1. The van der Waals surface area contributed by atoms with Gasteiger partial charge in [-0.25, -0.2) is 9.18 Å². The summed E-state index contributed by atoms with van der Waals surface area (Å²) >= 11 is 1.32. The van der Waals surface area contributed by atoms with Crippen molar-refractivity contribution in [2.45, 2.75) is 114 Å². The van der Waals surface area contributed by atoms with Crippen LogP contribution in [0.4, 0.5) is 15.3 Å². The number of nitriles is 1. The molecule has 0 bridgehead atoms. The van der Waals surface area contributed by atoms with Gasteiger partial charge in [0.25, 0.3) is 8.32 Å². The Morgan fingerprint density at radius 1 is 1.08 bits per heavy atom. The first-order valence-electron chi connectivity index (χ1n) is 21.9. The average molecular weight is 896 g/mol. The van der Waals surface area contributed by atoms with E-state index in [1.807, 2.05) is 24.0 Å². The van der Waals surface area contributed by atoms with E-state index < -0.39 is 49.0 Å². The number of halogens is 1. The molecule has 334 valence electrons. The highest BCUT2D eigenvalue weighted by Gasteiger charge is 2.55. The summed E-state index contributed by atoms with van der Waals surface area (Å²) in [5.41, 5.74) is 7.01. The van der Waals surface area contributed by atoms with Gasteiger partial charge in [-0.2, -0.15) is 25.7 Å². The average Bonchev–Trinajstić information content (AvgIpc) is 3.87. The van der Waals surface area contributed by atoms with Gasteiger partial charge >= 0.3 is 12.0 Å². The lowest BCUT2D eigenvalue weighted by atomic mass is 9.72. The van der Waals surface area contributed by atoms with Gasteiger partial charge in [0.1, 0.15) is 23.3 Å². The van der Waals surface area contributed by atoms with Crippen LogP contribution in [0.1, 0.15) is 95.5 Å². The van der Waals surface area contributed by atoms with Crippen molar-refractivity contribution in [2.75, 3.05) is 50.0 Å². The Bertz CT molecular complexity index is 2340. The van der Waals surface area contributed by atoms with E-state index in [0.29, 0.717) is 69.1 Å². The van der Waals surface area contributed by atoms with Gasteiger partial charge in [-0.1, -0.05) is 81.4 Å². The van der Waals surface area contributed by atoms with Crippen LogP contribution in [0.15, 0.2) is 60.7 Å². The van der Waals surface area contributed by atoms with Crippen LogP contribution in [0.3, 0.4) is 0 Å². The number of hydrogen-bond donors (Lipinski definition) is 3. The molecule has 17 heteroatoms. The Morgan fingerprint density at radius 3 is 2.44 bits per heavy atom. The summed E-state index contributed by atoms with van der Waals surface area (Å²) < 4.78 is 35.6. The number of nitrogens with one attached hydrogen (secondary N) is 2. The molecule has 4 aliphatic rings. The third-order valence-corrected chi connectivity index (χ3v) is 19.8. The lowest BCUT2D eigenvalue weighted by molar-refractivity contribution is -0.155. The Kier molecular flexibility index (Phi) is 12.2. The highest BCUT2D eigenvalue weighted by Crippen LogP contribution is 2.47. The molecule has 2 aromatic carbocycles. The highest BCUT2D eigenvalue weighted by atomic mass is 32.1. The topological polar surface area (TPSA) is 185 Å². The fourth-order valence-corrected chi connectivity index (χ4v) is 16.5. The molecular formula is C46H58FN9O5SSi. The predicted octanol–water partition coefficient (Wildman–Crippen LogP) is 5.57. The van der Waals surface area contributed by atoms with E-state index >= 15 is 0 Å². The van der Waals surface area contributed by atoms with E-state index in [2.05, 4.69) is 97.7 Å². The largest absolute Gasteiger partial charge is 0.458 e. The number of nitrogen functional groups attached to an aromatic ring is 1. The standard InChI is InChI=1S/C46H58FN9O5SSi/c1-30(46-21-14-22-56(46)27-31(47)25-46)59-42-52-39(37(49)54-60-40(57)45(6)20-13-19-35-36(45)34(26-48)38(50)62-35)51-41(53-42)55-23-24-58-29-44(5,28-55)61-63(43(2,3)4,32-15-9-7-10-16-32)33-17-11-8-12-18-33/h7-12,15-18,30-31H,13-14,19-25,27-29,50H2,1-6H3,(H2,49,54)/t30?,31-,44?,45+,46+/m1/s1. The van der Waals surface area contributed by atoms with Crippen molar-refractivity contribution in [3.8, 4) is 12.1 Å². The summed E-state index contributed by atoms with van der Waals surface area (Å²) in [6.45, 7) is 14.9. The monoisotopic (exact) mass is 895 g/mol. The molecule has 0 saturated carbocycles. The maximum Gasteiger partial charge on any atom is 0.342 e. The van der Waals surface area contributed by atoms with E-state index in [1.54, 1.807) is 6.92 Å². The number of hydroxylamine groups is 1. The van der Waals surface area contributed by atoms with Crippen LogP contribution in [0.2, 0.25) is 5.04 Å². The van der Waals surface area contributed by atoms with Crippen LogP contribution < -0.4 is 31.2 Å². The number of aryl methyl sites for hydroxylation is 1. The number of aromatic nitrogens is 3. The first-order valence-corrected chi connectivity index (χ1v) is 24.6. The lowest BCUT2D eigenvalue weighted by Crippen LogP contribution is -2.70. The molecule has 4 N–H and O–H groups in total. The normalized spacial score (nSPS) is 25.6. The van der Waals surface area contributed by atoms with Gasteiger partial charge in [-0.15, -0.1) is 11.3 Å². The maximum absolute atomic E-state index is 15.0. The molecule has 0 spiro atoms. The van der Waals surface area contributed by atoms with E-state index in [9.17, 15) is 14.4 Å². The third kappa shape index (κ3) is 8.20. The molecule has 0 radical (unpaired) electrons. The number of anilines is 2. The number of hydrogen-bond acceptors (Lipinski definition) is 14. The molecule has 4 aromatic rings. The lowest BCUT2D eigenvalue weighted by Gasteiger charge is -2.48. The van der Waals surface area contributed by atoms with Crippen molar-refractivity contribution in [2.24, 2.45) is 0 Å². The van der Waals surface area contributed by atoms with Crippen molar-refractivity contribution >= 4 is 52.8 Å². The molecule has 5 atom stereocenters. The van der Waals surface area contributed by atoms with Crippen molar-refractivity contribution in [3.05, 3.63) is 82.5 Å². The number of ether oxygens (including phenoxy) is 2. The number of rotatable bonds is 10. The number of benzene rings is 2. The van der Waals surface area contributed by atoms with Gasteiger partial charge in [0, 0.05) is 30.0 Å². The first-order chi connectivity index (χ1) is 30.0. The fraction of sp³-hybridized carbons (Fsp3) is 0.522. The van der Waals surface area contributed by atoms with Crippen LogP contribution in [-0.2, 0) is 30.6 Å². The number of alkyl halides is 1. The highest BCUT2D eigenvalue weighted by molar-refractivity contribution is 7.16. The Morgan fingerprint density at radius 2 is 1.78 bits per heavy atom. The fourth-order valence-electron chi connectivity index (χ4n) is 10.5. The van der Waals surface area contributed by atoms with Crippen molar-refractivity contribution in [1.82, 2.24) is 25.3 Å². The Hall–Kier alpha value is -4.99. The molecular weight excluding hydrogens is 838 g/mol. The summed E-state index contributed by atoms with van der Waals surface area (Å²) in [5, 5.41) is 21.4. The number of carbonyl (C=O) groups excluding carboxylic acids is 1. The molecule has 3 fully saturated rings. The van der Waals surface area contributed by atoms with E-state index in [1.165, 1.54) is 11.3 Å². The zero-order valence-corrected chi connectivity index (χ0v) is 38.8. The van der Waals surface area contributed by atoms with Gasteiger partial charge in [-0.3, -0.25) is 10.3 Å². The van der Waals surface area contributed by atoms with Gasteiger partial charge in [0.05, 0.1) is 41.9 Å². The molecule has 2 unspecified atom stereocenters. The van der Waals surface area contributed by atoms with Crippen LogP contribution in [0, 0.1) is 16.7 Å². The van der Waals surface area contributed by atoms with Gasteiger partial charge in [0.2, 0.25) is 11.8 Å². The zero-order valence-electron chi connectivity index (χ0n) is 37.0. The number of thiophene rings is 1. The molecule has 2 aromatic heterocycles. The van der Waals surface area contributed by atoms with Crippen molar-refractivity contribution < 1.29 is 27.9 Å². The molecule has 8 rings (SSSR count). The van der Waals surface area contributed by atoms with Crippen LogP contribution in [-0.4, -0.2) is 103 Å². The number of fused-ring (bicyclic) bond motifs is 2. The van der Waals surface area contributed by atoms with Gasteiger partial charge < -0.3 is 29.4 Å². The van der Waals surface area contributed by atoms with Crippen molar-refractivity contribution in [3.63, 3.8) is 0 Å². The number of nitrogens with zero attached hydrogens (tertiary/aromatic N) is 6. The minimum Gasteiger partial charge on any atom is -0.458 e. The van der Waals surface area contributed by atoms with E-state index in [4.69, 9.17) is 39.8 Å². The molecule has 14 nitrogen and oxygen atoms in total. The van der Waals surface area contributed by atoms with E-state index in [-0.39, 0.29) is 28.4 Å².